The molecule has 0 heterocycles. The summed E-state index contributed by atoms with van der Waals surface area (Å²) in [7, 11) is -1.50. The monoisotopic (exact) mass is 282 g/mol. The molecular formula is C11H26N2O4S. The van der Waals surface area contributed by atoms with Gasteiger partial charge in [-0.15, -0.1) is 0 Å². The molecule has 0 saturated heterocycles. The molecule has 0 aromatic carbocycles. The molecule has 0 aromatic heterocycles. The lowest BCUT2D eigenvalue weighted by Crippen LogP contribution is -2.32. The Morgan fingerprint density at radius 3 is 2.50 bits per heavy atom. The number of ether oxygens (including phenoxy) is 2. The Morgan fingerprint density at radius 2 is 1.83 bits per heavy atom. The smallest absolute Gasteiger partial charge is 0.212 e. The minimum atomic E-state index is -3.13. The SMILES string of the molecule is CCNCCS(=O)(=O)NCCCCOCCOC. The van der Waals surface area contributed by atoms with Crippen LogP contribution >= 0.6 is 0 Å². The highest BCUT2D eigenvalue weighted by atomic mass is 32.2. The van der Waals surface area contributed by atoms with Gasteiger partial charge in [0, 0.05) is 26.8 Å². The van der Waals surface area contributed by atoms with Gasteiger partial charge in [0.05, 0.1) is 19.0 Å². The van der Waals surface area contributed by atoms with Crippen LogP contribution in [0.2, 0.25) is 0 Å². The summed E-state index contributed by atoms with van der Waals surface area (Å²) < 4.78 is 35.6. The van der Waals surface area contributed by atoms with Gasteiger partial charge in [0.15, 0.2) is 0 Å². The molecule has 0 aliphatic carbocycles. The van der Waals surface area contributed by atoms with Crippen LogP contribution in [-0.4, -0.2) is 60.7 Å². The molecule has 0 radical (unpaired) electrons. The molecule has 0 aromatic rings. The van der Waals surface area contributed by atoms with Crippen LogP contribution in [0.15, 0.2) is 0 Å². The molecule has 110 valence electrons. The van der Waals surface area contributed by atoms with Crippen LogP contribution in [0.25, 0.3) is 0 Å². The van der Waals surface area contributed by atoms with E-state index in [0.29, 0.717) is 32.9 Å². The summed E-state index contributed by atoms with van der Waals surface area (Å²) >= 11 is 0. The number of unbranched alkanes of at least 4 members (excludes halogenated alkanes) is 1. The van der Waals surface area contributed by atoms with Crippen molar-refractivity contribution in [2.75, 3.05) is 52.3 Å². The summed E-state index contributed by atoms with van der Waals surface area (Å²) in [6, 6.07) is 0. The Labute approximate surface area is 110 Å². The number of methoxy groups -OCH3 is 1. The van der Waals surface area contributed by atoms with E-state index in [0.717, 1.165) is 19.4 Å². The van der Waals surface area contributed by atoms with Gasteiger partial charge in [-0.1, -0.05) is 6.92 Å². The van der Waals surface area contributed by atoms with Gasteiger partial charge in [-0.05, 0) is 19.4 Å². The van der Waals surface area contributed by atoms with Crippen molar-refractivity contribution in [2.45, 2.75) is 19.8 Å². The largest absolute Gasteiger partial charge is 0.382 e. The molecule has 6 nitrogen and oxygen atoms in total. The topological polar surface area (TPSA) is 76.7 Å². The number of sulfonamides is 1. The number of rotatable bonds is 13. The van der Waals surface area contributed by atoms with Gasteiger partial charge in [-0.25, -0.2) is 13.1 Å². The molecule has 0 fully saturated rings. The van der Waals surface area contributed by atoms with Crippen molar-refractivity contribution < 1.29 is 17.9 Å². The van der Waals surface area contributed by atoms with E-state index >= 15 is 0 Å². The van der Waals surface area contributed by atoms with Gasteiger partial charge < -0.3 is 14.8 Å². The molecule has 0 aliphatic rings. The van der Waals surface area contributed by atoms with Crippen LogP contribution in [0.1, 0.15) is 19.8 Å². The predicted molar refractivity (Wildman–Crippen MR) is 72.3 cm³/mol. The van der Waals surface area contributed by atoms with Gasteiger partial charge in [0.25, 0.3) is 0 Å². The van der Waals surface area contributed by atoms with E-state index in [2.05, 4.69) is 10.0 Å². The molecule has 0 amide bonds. The van der Waals surface area contributed by atoms with E-state index in [-0.39, 0.29) is 5.75 Å². The van der Waals surface area contributed by atoms with Crippen LogP contribution < -0.4 is 10.0 Å². The normalized spacial score (nSPS) is 11.9. The molecule has 0 aliphatic heterocycles. The van der Waals surface area contributed by atoms with Crippen molar-refractivity contribution in [3.05, 3.63) is 0 Å². The second-order valence-electron chi connectivity index (χ2n) is 3.88. The van der Waals surface area contributed by atoms with Crippen LogP contribution in [0.3, 0.4) is 0 Å². The van der Waals surface area contributed by atoms with Crippen molar-refractivity contribution in [1.29, 1.82) is 0 Å². The van der Waals surface area contributed by atoms with Crippen LogP contribution in [0.5, 0.6) is 0 Å². The Bertz CT molecular complexity index is 270. The highest BCUT2D eigenvalue weighted by molar-refractivity contribution is 7.89. The lowest BCUT2D eigenvalue weighted by atomic mass is 10.3. The Hall–Kier alpha value is -0.210. The van der Waals surface area contributed by atoms with Crippen LogP contribution in [0.4, 0.5) is 0 Å². The van der Waals surface area contributed by atoms with E-state index in [1.165, 1.54) is 0 Å². The van der Waals surface area contributed by atoms with Crippen molar-refractivity contribution >= 4 is 10.0 Å². The van der Waals surface area contributed by atoms with Crippen molar-refractivity contribution in [3.63, 3.8) is 0 Å². The van der Waals surface area contributed by atoms with Gasteiger partial charge >= 0.3 is 0 Å². The average molecular weight is 282 g/mol. The van der Waals surface area contributed by atoms with E-state index in [1.54, 1.807) is 7.11 Å². The Balaban J connectivity index is 3.36. The van der Waals surface area contributed by atoms with Gasteiger partial charge in [0.2, 0.25) is 10.0 Å². The fourth-order valence-corrected chi connectivity index (χ4v) is 2.27. The average Bonchev–Trinajstić information content (AvgIpc) is 2.33. The summed E-state index contributed by atoms with van der Waals surface area (Å²) in [6.07, 6.45) is 1.63. The standard InChI is InChI=1S/C11H26N2O4S/c1-3-12-7-11-18(14,15)13-6-4-5-8-17-10-9-16-2/h12-13H,3-11H2,1-2H3. The zero-order valence-electron chi connectivity index (χ0n) is 11.4. The first-order chi connectivity index (χ1) is 8.62. The molecule has 7 heteroatoms. The van der Waals surface area contributed by atoms with E-state index in [4.69, 9.17) is 9.47 Å². The lowest BCUT2D eigenvalue weighted by Gasteiger charge is -2.07. The first-order valence-electron chi connectivity index (χ1n) is 6.37. The van der Waals surface area contributed by atoms with Crippen LogP contribution in [0, 0.1) is 0 Å². The zero-order valence-corrected chi connectivity index (χ0v) is 12.2. The van der Waals surface area contributed by atoms with E-state index < -0.39 is 10.0 Å². The maximum Gasteiger partial charge on any atom is 0.212 e. The number of hydrogen-bond acceptors (Lipinski definition) is 5. The fraction of sp³-hybridized carbons (Fsp3) is 1.00. The first-order valence-corrected chi connectivity index (χ1v) is 8.02. The highest BCUT2D eigenvalue weighted by Crippen LogP contribution is 1.91. The third-order valence-corrected chi connectivity index (χ3v) is 3.65. The maximum atomic E-state index is 11.5. The summed E-state index contributed by atoms with van der Waals surface area (Å²) in [6.45, 7) is 5.52. The van der Waals surface area contributed by atoms with Crippen molar-refractivity contribution in [3.8, 4) is 0 Å². The summed E-state index contributed by atoms with van der Waals surface area (Å²) in [5, 5.41) is 2.98. The molecule has 0 unspecified atom stereocenters. The quantitative estimate of drug-likeness (QED) is 0.464. The van der Waals surface area contributed by atoms with Crippen LogP contribution in [-0.2, 0) is 19.5 Å². The number of nitrogens with one attached hydrogen (secondary N) is 2. The van der Waals surface area contributed by atoms with Crippen molar-refractivity contribution in [2.24, 2.45) is 0 Å². The highest BCUT2D eigenvalue weighted by Gasteiger charge is 2.07. The Morgan fingerprint density at radius 1 is 1.06 bits per heavy atom. The predicted octanol–water partition coefficient (Wildman–Crippen LogP) is -0.0415. The molecule has 0 saturated carbocycles. The summed E-state index contributed by atoms with van der Waals surface area (Å²) in [5.74, 6) is 0.130. The van der Waals surface area contributed by atoms with Gasteiger partial charge in [0.1, 0.15) is 0 Å². The zero-order chi connectivity index (χ0) is 13.7. The number of hydrogen-bond donors (Lipinski definition) is 2. The minimum absolute atomic E-state index is 0.130. The van der Waals surface area contributed by atoms with Crippen molar-refractivity contribution in [1.82, 2.24) is 10.0 Å². The Kier molecular flexibility index (Phi) is 11.7. The van der Waals surface area contributed by atoms with Gasteiger partial charge in [-0.2, -0.15) is 0 Å². The minimum Gasteiger partial charge on any atom is -0.382 e. The second kappa shape index (κ2) is 11.9. The van der Waals surface area contributed by atoms with E-state index in [1.807, 2.05) is 6.92 Å². The molecular weight excluding hydrogens is 256 g/mol. The molecule has 0 rings (SSSR count). The fourth-order valence-electron chi connectivity index (χ4n) is 1.26. The summed E-state index contributed by atoms with van der Waals surface area (Å²) in [5.41, 5.74) is 0. The molecule has 2 N–H and O–H groups in total. The molecule has 0 atom stereocenters. The maximum absolute atomic E-state index is 11.5. The molecule has 18 heavy (non-hydrogen) atoms. The summed E-state index contributed by atoms with van der Waals surface area (Å²) in [4.78, 5) is 0. The first kappa shape index (κ1) is 17.8. The molecule has 0 spiro atoms. The third kappa shape index (κ3) is 12.3. The lowest BCUT2D eigenvalue weighted by molar-refractivity contribution is 0.0689. The van der Waals surface area contributed by atoms with E-state index in [9.17, 15) is 8.42 Å². The third-order valence-electron chi connectivity index (χ3n) is 2.27. The second-order valence-corrected chi connectivity index (χ2v) is 5.81. The molecule has 0 bridgehead atoms. The van der Waals surface area contributed by atoms with Gasteiger partial charge in [-0.3, -0.25) is 0 Å².